The Labute approximate surface area is 136 Å². The number of thiazole rings is 1. The molecule has 2 aromatic rings. The third-order valence-electron chi connectivity index (χ3n) is 2.50. The Morgan fingerprint density at radius 1 is 1.29 bits per heavy atom. The Morgan fingerprint density at radius 2 is 2.00 bits per heavy atom. The molecule has 0 aliphatic carbocycles. The molecule has 112 valence electrons. The van der Waals surface area contributed by atoms with Gasteiger partial charge in [0.05, 0.1) is 27.2 Å². The van der Waals surface area contributed by atoms with E-state index in [2.05, 4.69) is 4.98 Å². The van der Waals surface area contributed by atoms with Crippen LogP contribution in [-0.2, 0) is 16.0 Å². The molecule has 0 bridgehead atoms. The number of rotatable bonds is 6. The van der Waals surface area contributed by atoms with E-state index in [0.717, 1.165) is 10.7 Å². The highest BCUT2D eigenvalue weighted by atomic mass is 35.5. The maximum Gasteiger partial charge on any atom is 0.312 e. The fraction of sp³-hybridized carbons (Fsp3) is 0.286. The molecular weight excluding hydrogens is 333 g/mol. The maximum atomic E-state index is 11.6. The Balaban J connectivity index is 1.73. The molecule has 21 heavy (non-hydrogen) atoms. The molecular formula is C14H13Cl2NO3S. The summed E-state index contributed by atoms with van der Waals surface area (Å²) in [5, 5.41) is 3.62. The summed E-state index contributed by atoms with van der Waals surface area (Å²) in [6.07, 6.45) is 0.164. The Hall–Kier alpha value is -1.30. The summed E-state index contributed by atoms with van der Waals surface area (Å²) in [7, 11) is 0. The van der Waals surface area contributed by atoms with Crippen molar-refractivity contribution in [1.82, 2.24) is 4.98 Å². The highest BCUT2D eigenvalue weighted by Crippen LogP contribution is 2.32. The third-order valence-corrected chi connectivity index (χ3v) is 3.92. The van der Waals surface area contributed by atoms with Crippen LogP contribution in [0.15, 0.2) is 23.6 Å². The quantitative estimate of drug-likeness (QED) is 0.588. The number of ether oxygens (including phenoxy) is 2. The average Bonchev–Trinajstić information content (AvgIpc) is 2.82. The van der Waals surface area contributed by atoms with Crippen LogP contribution in [0.2, 0.25) is 10.0 Å². The molecule has 0 spiro atoms. The number of aromatic nitrogens is 1. The minimum Gasteiger partial charge on any atom is -0.487 e. The predicted molar refractivity (Wildman–Crippen MR) is 83.5 cm³/mol. The smallest absolute Gasteiger partial charge is 0.312 e. The lowest BCUT2D eigenvalue weighted by molar-refractivity contribution is -0.143. The number of para-hydroxylation sites is 1. The van der Waals surface area contributed by atoms with Gasteiger partial charge in [-0.1, -0.05) is 29.3 Å². The molecule has 1 aromatic carbocycles. The summed E-state index contributed by atoms with van der Waals surface area (Å²) >= 11 is 13.4. The van der Waals surface area contributed by atoms with Gasteiger partial charge in [0.1, 0.15) is 13.2 Å². The third kappa shape index (κ3) is 4.88. The summed E-state index contributed by atoms with van der Waals surface area (Å²) < 4.78 is 10.5. The number of hydrogen-bond donors (Lipinski definition) is 0. The fourth-order valence-electron chi connectivity index (χ4n) is 1.61. The van der Waals surface area contributed by atoms with E-state index in [4.69, 9.17) is 32.7 Å². The molecule has 0 saturated heterocycles. The normalized spacial score (nSPS) is 10.4. The summed E-state index contributed by atoms with van der Waals surface area (Å²) in [5.74, 6) is 0.0566. The van der Waals surface area contributed by atoms with E-state index in [0.29, 0.717) is 15.8 Å². The Morgan fingerprint density at radius 3 is 2.62 bits per heavy atom. The average molecular weight is 346 g/mol. The molecule has 7 heteroatoms. The van der Waals surface area contributed by atoms with Crippen molar-refractivity contribution in [3.05, 3.63) is 44.3 Å². The van der Waals surface area contributed by atoms with Gasteiger partial charge in [0.15, 0.2) is 5.75 Å². The van der Waals surface area contributed by atoms with E-state index >= 15 is 0 Å². The van der Waals surface area contributed by atoms with E-state index < -0.39 is 0 Å². The van der Waals surface area contributed by atoms with Crippen molar-refractivity contribution in [2.45, 2.75) is 13.3 Å². The number of aryl methyl sites for hydroxylation is 1. The van der Waals surface area contributed by atoms with Gasteiger partial charge in [0, 0.05) is 5.38 Å². The van der Waals surface area contributed by atoms with Crippen molar-refractivity contribution in [1.29, 1.82) is 0 Å². The van der Waals surface area contributed by atoms with E-state index in [9.17, 15) is 4.79 Å². The van der Waals surface area contributed by atoms with Gasteiger partial charge < -0.3 is 9.47 Å². The van der Waals surface area contributed by atoms with E-state index in [-0.39, 0.29) is 25.6 Å². The standard InChI is InChI=1S/C14H13Cl2NO3S/c1-9-17-10(8-21-9)7-13(18)19-5-6-20-14-11(15)3-2-4-12(14)16/h2-4,8H,5-7H2,1H3. The van der Waals surface area contributed by atoms with Crippen LogP contribution in [0.5, 0.6) is 5.75 Å². The van der Waals surface area contributed by atoms with E-state index in [1.807, 2.05) is 12.3 Å². The molecule has 0 aliphatic rings. The number of carbonyl (C=O) groups is 1. The molecule has 4 nitrogen and oxygen atoms in total. The highest BCUT2D eigenvalue weighted by molar-refractivity contribution is 7.09. The number of benzene rings is 1. The van der Waals surface area contributed by atoms with Crippen LogP contribution in [0.4, 0.5) is 0 Å². The first-order chi connectivity index (χ1) is 10.1. The first-order valence-corrected chi connectivity index (χ1v) is 7.83. The van der Waals surface area contributed by atoms with Gasteiger partial charge >= 0.3 is 5.97 Å². The lowest BCUT2D eigenvalue weighted by atomic mass is 10.3. The zero-order valence-electron chi connectivity index (χ0n) is 11.3. The molecule has 0 fully saturated rings. The van der Waals surface area contributed by atoms with Crippen molar-refractivity contribution < 1.29 is 14.3 Å². The second kappa shape index (κ2) is 7.64. The summed E-state index contributed by atoms with van der Waals surface area (Å²) in [6, 6.07) is 5.09. The number of carbonyl (C=O) groups excluding carboxylic acids is 1. The van der Waals surface area contributed by atoms with Gasteiger partial charge in [-0.25, -0.2) is 4.98 Å². The molecule has 0 unspecified atom stereocenters. The first kappa shape index (κ1) is 16.1. The Bertz CT molecular complexity index is 610. The first-order valence-electron chi connectivity index (χ1n) is 6.19. The van der Waals surface area contributed by atoms with E-state index in [1.54, 1.807) is 18.2 Å². The van der Waals surface area contributed by atoms with Crippen molar-refractivity contribution in [3.8, 4) is 5.75 Å². The summed E-state index contributed by atoms with van der Waals surface area (Å²) in [5.41, 5.74) is 0.720. The van der Waals surface area contributed by atoms with Crippen molar-refractivity contribution in [2.24, 2.45) is 0 Å². The van der Waals surface area contributed by atoms with Crippen molar-refractivity contribution in [2.75, 3.05) is 13.2 Å². The van der Waals surface area contributed by atoms with Crippen molar-refractivity contribution >= 4 is 40.5 Å². The lowest BCUT2D eigenvalue weighted by Gasteiger charge is -2.09. The molecule has 2 rings (SSSR count). The monoisotopic (exact) mass is 345 g/mol. The van der Waals surface area contributed by atoms with Crippen LogP contribution in [-0.4, -0.2) is 24.2 Å². The topological polar surface area (TPSA) is 48.4 Å². The fourth-order valence-corrected chi connectivity index (χ4v) is 2.73. The molecule has 0 saturated carbocycles. The van der Waals surface area contributed by atoms with Gasteiger partial charge in [-0.3, -0.25) is 4.79 Å². The second-order valence-electron chi connectivity index (χ2n) is 4.15. The molecule has 0 amide bonds. The Kier molecular flexibility index (Phi) is 5.85. The number of hydrogen-bond acceptors (Lipinski definition) is 5. The number of esters is 1. The minimum atomic E-state index is -0.339. The van der Waals surface area contributed by atoms with Gasteiger partial charge in [-0.15, -0.1) is 11.3 Å². The van der Waals surface area contributed by atoms with Crippen LogP contribution in [0.3, 0.4) is 0 Å². The molecule has 0 atom stereocenters. The summed E-state index contributed by atoms with van der Waals surface area (Å²) in [4.78, 5) is 15.8. The zero-order chi connectivity index (χ0) is 15.2. The maximum absolute atomic E-state index is 11.6. The zero-order valence-corrected chi connectivity index (χ0v) is 13.6. The largest absolute Gasteiger partial charge is 0.487 e. The van der Waals surface area contributed by atoms with Crippen LogP contribution in [0.1, 0.15) is 10.7 Å². The molecule has 0 aliphatic heterocycles. The van der Waals surface area contributed by atoms with Crippen LogP contribution in [0, 0.1) is 6.92 Å². The number of nitrogens with zero attached hydrogens (tertiary/aromatic N) is 1. The lowest BCUT2D eigenvalue weighted by Crippen LogP contribution is -2.14. The second-order valence-corrected chi connectivity index (χ2v) is 6.03. The highest BCUT2D eigenvalue weighted by Gasteiger charge is 2.09. The van der Waals surface area contributed by atoms with E-state index in [1.165, 1.54) is 11.3 Å². The molecule has 1 aromatic heterocycles. The van der Waals surface area contributed by atoms with Gasteiger partial charge in [0.2, 0.25) is 0 Å². The number of halogens is 2. The van der Waals surface area contributed by atoms with Crippen molar-refractivity contribution in [3.63, 3.8) is 0 Å². The van der Waals surface area contributed by atoms with Gasteiger partial charge in [-0.2, -0.15) is 0 Å². The van der Waals surface area contributed by atoms with Crippen LogP contribution < -0.4 is 4.74 Å². The van der Waals surface area contributed by atoms with Gasteiger partial charge in [0.25, 0.3) is 0 Å². The van der Waals surface area contributed by atoms with Gasteiger partial charge in [-0.05, 0) is 19.1 Å². The molecule has 1 heterocycles. The summed E-state index contributed by atoms with van der Waals surface area (Å²) in [6.45, 7) is 2.20. The van der Waals surface area contributed by atoms with Crippen LogP contribution in [0.25, 0.3) is 0 Å². The molecule has 0 radical (unpaired) electrons. The minimum absolute atomic E-state index is 0.128. The van der Waals surface area contributed by atoms with Crippen LogP contribution >= 0.6 is 34.5 Å². The predicted octanol–water partition coefficient (Wildman–Crippen LogP) is 3.92. The molecule has 0 N–H and O–H groups in total. The SMILES string of the molecule is Cc1nc(CC(=O)OCCOc2c(Cl)cccc2Cl)cs1.